The summed E-state index contributed by atoms with van der Waals surface area (Å²) in [5.74, 6) is -1.38. The molecule has 7 heteroatoms. The molecule has 0 bridgehead atoms. The van der Waals surface area contributed by atoms with Crippen molar-refractivity contribution in [2.75, 3.05) is 0 Å². The zero-order valence-electron chi connectivity index (χ0n) is 13.9. The molecule has 3 rings (SSSR count). The van der Waals surface area contributed by atoms with E-state index >= 15 is 0 Å². The molecule has 0 radical (unpaired) electrons. The van der Waals surface area contributed by atoms with Crippen molar-refractivity contribution in [2.45, 2.75) is 17.6 Å². The molecule has 3 aromatic rings. The quantitative estimate of drug-likeness (QED) is 0.718. The molecular weight excluding hydrogens is 373 g/mol. The molecule has 0 saturated heterocycles. The van der Waals surface area contributed by atoms with Gasteiger partial charge in [0.1, 0.15) is 5.82 Å². The number of rotatable bonds is 5. The van der Waals surface area contributed by atoms with Crippen LogP contribution in [0.25, 0.3) is 10.4 Å². The summed E-state index contributed by atoms with van der Waals surface area (Å²) in [4.78, 5) is 12.8. The molecule has 26 heavy (non-hydrogen) atoms. The number of primary amides is 1. The number of amides is 1. The summed E-state index contributed by atoms with van der Waals surface area (Å²) in [7, 11) is -3.62. The lowest BCUT2D eigenvalue weighted by Crippen LogP contribution is -2.13. The number of thiophene rings is 1. The Bertz CT molecular complexity index is 1050. The van der Waals surface area contributed by atoms with Crippen LogP contribution in [0.5, 0.6) is 0 Å². The highest BCUT2D eigenvalue weighted by molar-refractivity contribution is 7.90. The fourth-order valence-corrected chi connectivity index (χ4v) is 5.02. The average Bonchev–Trinajstić information content (AvgIpc) is 2.99. The third-order valence-corrected chi connectivity index (χ3v) is 6.81. The third kappa shape index (κ3) is 3.84. The van der Waals surface area contributed by atoms with Crippen LogP contribution in [0, 0.1) is 12.7 Å². The van der Waals surface area contributed by atoms with Crippen LogP contribution in [0.2, 0.25) is 0 Å². The Balaban J connectivity index is 2.00. The van der Waals surface area contributed by atoms with Crippen LogP contribution in [0.15, 0.2) is 59.5 Å². The van der Waals surface area contributed by atoms with E-state index in [1.54, 1.807) is 42.5 Å². The molecule has 0 saturated carbocycles. The molecule has 0 aliphatic heterocycles. The van der Waals surface area contributed by atoms with Crippen molar-refractivity contribution in [3.05, 3.63) is 76.4 Å². The number of halogens is 1. The minimum absolute atomic E-state index is 0.188. The first kappa shape index (κ1) is 18.3. The highest BCUT2D eigenvalue weighted by atomic mass is 32.2. The van der Waals surface area contributed by atoms with E-state index in [-0.39, 0.29) is 21.3 Å². The number of aryl methyl sites for hydroxylation is 1. The largest absolute Gasteiger partial charge is 0.365 e. The van der Waals surface area contributed by atoms with E-state index in [0.29, 0.717) is 16.0 Å². The Morgan fingerprint density at radius 2 is 1.69 bits per heavy atom. The molecule has 4 nitrogen and oxygen atoms in total. The summed E-state index contributed by atoms with van der Waals surface area (Å²) >= 11 is 1.10. The lowest BCUT2D eigenvalue weighted by atomic mass is 10.1. The summed E-state index contributed by atoms with van der Waals surface area (Å²) in [6.07, 6.45) is 0. The molecule has 0 atom stereocenters. The van der Waals surface area contributed by atoms with Gasteiger partial charge < -0.3 is 5.73 Å². The van der Waals surface area contributed by atoms with E-state index in [1.165, 1.54) is 12.1 Å². The molecule has 2 aromatic carbocycles. The highest BCUT2D eigenvalue weighted by Gasteiger charge is 2.22. The fourth-order valence-electron chi connectivity index (χ4n) is 2.53. The first-order valence-corrected chi connectivity index (χ1v) is 10.2. The van der Waals surface area contributed by atoms with Crippen LogP contribution in [-0.4, -0.2) is 14.3 Å². The van der Waals surface area contributed by atoms with E-state index in [0.717, 1.165) is 16.9 Å². The molecule has 1 amide bonds. The topological polar surface area (TPSA) is 77.2 Å². The van der Waals surface area contributed by atoms with Crippen LogP contribution in [0.3, 0.4) is 0 Å². The highest BCUT2D eigenvalue weighted by Crippen LogP contribution is 2.33. The molecule has 0 spiro atoms. The molecule has 1 aromatic heterocycles. The number of hydrogen-bond acceptors (Lipinski definition) is 4. The third-order valence-electron chi connectivity index (χ3n) is 3.89. The zero-order valence-corrected chi connectivity index (χ0v) is 15.5. The van der Waals surface area contributed by atoms with Crippen molar-refractivity contribution in [1.29, 1.82) is 0 Å². The number of carbonyl (C=O) groups excluding carboxylic acids is 1. The Kier molecular flexibility index (Phi) is 4.93. The van der Waals surface area contributed by atoms with Gasteiger partial charge in [0, 0.05) is 4.88 Å². The van der Waals surface area contributed by atoms with Crippen LogP contribution in [0.1, 0.15) is 20.8 Å². The smallest absolute Gasteiger partial charge is 0.259 e. The van der Waals surface area contributed by atoms with Gasteiger partial charge in [-0.1, -0.05) is 29.8 Å². The maximum atomic E-state index is 13.1. The standard InChI is InChI=1S/C19H16FNO3S2/c1-12-2-8-16(9-3-12)26(23,24)11-14-10-17(25-18(14)19(21)22)13-4-6-15(20)7-5-13/h2-10H,11H2,1H3,(H2,21,22). The van der Waals surface area contributed by atoms with Crippen molar-refractivity contribution >= 4 is 27.1 Å². The molecule has 0 aliphatic rings. The van der Waals surface area contributed by atoms with Gasteiger partial charge >= 0.3 is 0 Å². The zero-order chi connectivity index (χ0) is 18.9. The minimum Gasteiger partial charge on any atom is -0.365 e. The van der Waals surface area contributed by atoms with Crippen molar-refractivity contribution in [1.82, 2.24) is 0 Å². The Morgan fingerprint density at radius 1 is 1.08 bits per heavy atom. The van der Waals surface area contributed by atoms with Gasteiger partial charge in [-0.25, -0.2) is 12.8 Å². The van der Waals surface area contributed by atoms with Gasteiger partial charge in [0.2, 0.25) is 0 Å². The molecule has 134 valence electrons. The number of benzene rings is 2. The fraction of sp³-hybridized carbons (Fsp3) is 0.105. The molecule has 0 aliphatic carbocycles. The van der Waals surface area contributed by atoms with Gasteiger partial charge in [-0.3, -0.25) is 4.79 Å². The van der Waals surface area contributed by atoms with Gasteiger partial charge in [0.05, 0.1) is 15.5 Å². The Morgan fingerprint density at radius 3 is 2.27 bits per heavy atom. The minimum atomic E-state index is -3.62. The lowest BCUT2D eigenvalue weighted by molar-refractivity contribution is 0.100. The van der Waals surface area contributed by atoms with E-state index in [2.05, 4.69) is 0 Å². The van der Waals surface area contributed by atoms with Gasteiger partial charge in [0.25, 0.3) is 5.91 Å². The Labute approximate surface area is 155 Å². The molecule has 0 fully saturated rings. The lowest BCUT2D eigenvalue weighted by Gasteiger charge is -2.05. The average molecular weight is 389 g/mol. The van der Waals surface area contributed by atoms with E-state index < -0.39 is 15.7 Å². The van der Waals surface area contributed by atoms with Crippen molar-refractivity contribution < 1.29 is 17.6 Å². The second kappa shape index (κ2) is 7.01. The second-order valence-electron chi connectivity index (χ2n) is 5.91. The molecular formula is C19H16FNO3S2. The van der Waals surface area contributed by atoms with Gasteiger partial charge in [0.15, 0.2) is 9.84 Å². The maximum Gasteiger partial charge on any atom is 0.259 e. The van der Waals surface area contributed by atoms with Crippen molar-refractivity contribution in [3.63, 3.8) is 0 Å². The predicted octanol–water partition coefficient (Wildman–Crippen LogP) is 3.94. The number of carbonyl (C=O) groups is 1. The normalized spacial score (nSPS) is 11.5. The van der Waals surface area contributed by atoms with Gasteiger partial charge in [-0.2, -0.15) is 0 Å². The van der Waals surface area contributed by atoms with Gasteiger partial charge in [-0.05, 0) is 48.4 Å². The van der Waals surface area contributed by atoms with Gasteiger partial charge in [-0.15, -0.1) is 11.3 Å². The SMILES string of the molecule is Cc1ccc(S(=O)(=O)Cc2cc(-c3ccc(F)cc3)sc2C(N)=O)cc1. The number of nitrogens with two attached hydrogens (primary N) is 1. The van der Waals surface area contributed by atoms with Crippen LogP contribution < -0.4 is 5.73 Å². The summed E-state index contributed by atoms with van der Waals surface area (Å²) in [5, 5.41) is 0. The van der Waals surface area contributed by atoms with Crippen LogP contribution >= 0.6 is 11.3 Å². The first-order chi connectivity index (χ1) is 12.3. The summed E-state index contributed by atoms with van der Waals surface area (Å²) in [5.41, 5.74) is 7.42. The maximum absolute atomic E-state index is 13.1. The first-order valence-electron chi connectivity index (χ1n) is 7.74. The molecule has 2 N–H and O–H groups in total. The predicted molar refractivity (Wildman–Crippen MR) is 100 cm³/mol. The van der Waals surface area contributed by atoms with E-state index in [9.17, 15) is 17.6 Å². The van der Waals surface area contributed by atoms with Crippen molar-refractivity contribution in [3.8, 4) is 10.4 Å². The molecule has 0 unspecified atom stereocenters. The number of sulfone groups is 1. The summed E-state index contributed by atoms with van der Waals surface area (Å²) in [6.45, 7) is 1.87. The summed E-state index contributed by atoms with van der Waals surface area (Å²) in [6, 6.07) is 13.9. The molecule has 1 heterocycles. The number of hydrogen-bond donors (Lipinski definition) is 1. The Hall–Kier alpha value is -2.51. The summed E-state index contributed by atoms with van der Waals surface area (Å²) < 4.78 is 38.5. The van der Waals surface area contributed by atoms with E-state index in [4.69, 9.17) is 5.73 Å². The van der Waals surface area contributed by atoms with Crippen LogP contribution in [-0.2, 0) is 15.6 Å². The van der Waals surface area contributed by atoms with Crippen LogP contribution in [0.4, 0.5) is 4.39 Å². The van der Waals surface area contributed by atoms with Crippen molar-refractivity contribution in [2.24, 2.45) is 5.73 Å². The monoisotopic (exact) mass is 389 g/mol. The second-order valence-corrected chi connectivity index (χ2v) is 8.95. The van der Waals surface area contributed by atoms with E-state index in [1.807, 2.05) is 6.92 Å².